The Kier molecular flexibility index (Phi) is 2.92. The molecule has 1 heterocycles. The van der Waals surface area contributed by atoms with E-state index in [0.29, 0.717) is 36.0 Å². The van der Waals surface area contributed by atoms with E-state index in [4.69, 9.17) is 21.1 Å². The minimum absolute atomic E-state index is 0.391. The predicted molar refractivity (Wildman–Crippen MR) is 57.3 cm³/mol. The van der Waals surface area contributed by atoms with E-state index in [2.05, 4.69) is 0 Å². The zero-order valence-electron chi connectivity index (χ0n) is 7.90. The lowest BCUT2D eigenvalue weighted by molar-refractivity contribution is -0.104. The molecule has 1 aliphatic rings. The number of rotatable bonds is 2. The average Bonchev–Trinajstić information content (AvgIpc) is 2.29. The van der Waals surface area contributed by atoms with Crippen molar-refractivity contribution in [1.29, 1.82) is 0 Å². The molecule has 2 rings (SSSR count). The number of carbonyl (C=O) groups is 1. The third-order valence-corrected chi connectivity index (χ3v) is 2.38. The number of fused-ring (bicyclic) bond motifs is 1. The van der Waals surface area contributed by atoms with Gasteiger partial charge < -0.3 is 9.47 Å². The quantitative estimate of drug-likeness (QED) is 0.571. The van der Waals surface area contributed by atoms with Gasteiger partial charge in [0.2, 0.25) is 0 Å². The summed E-state index contributed by atoms with van der Waals surface area (Å²) in [6.45, 7) is 1.09. The van der Waals surface area contributed by atoms with Crippen molar-refractivity contribution in [3.63, 3.8) is 0 Å². The molecule has 1 aromatic carbocycles. The maximum absolute atomic E-state index is 10.3. The molecule has 0 fully saturated rings. The fourth-order valence-corrected chi connectivity index (χ4v) is 1.52. The highest BCUT2D eigenvalue weighted by Crippen LogP contribution is 2.33. The first-order valence-electron chi connectivity index (χ1n) is 4.52. The summed E-state index contributed by atoms with van der Waals surface area (Å²) in [6.07, 6.45) is 1.95. The highest BCUT2D eigenvalue weighted by Gasteiger charge is 2.12. The molecule has 0 spiro atoms. The van der Waals surface area contributed by atoms with E-state index in [1.54, 1.807) is 18.2 Å². The fourth-order valence-electron chi connectivity index (χ4n) is 1.35. The van der Waals surface area contributed by atoms with Gasteiger partial charge in [-0.1, -0.05) is 11.6 Å². The summed E-state index contributed by atoms with van der Waals surface area (Å²) in [5.41, 5.74) is 0.744. The van der Waals surface area contributed by atoms with E-state index in [1.807, 2.05) is 0 Å². The topological polar surface area (TPSA) is 35.5 Å². The summed E-state index contributed by atoms with van der Waals surface area (Å²) < 4.78 is 10.8. The molecule has 1 aromatic rings. The molecular formula is C11H9ClO3. The van der Waals surface area contributed by atoms with Crippen LogP contribution >= 0.6 is 11.6 Å². The Bertz CT molecular complexity index is 412. The summed E-state index contributed by atoms with van der Waals surface area (Å²) in [4.78, 5) is 10.3. The molecule has 1 aliphatic heterocycles. The number of benzene rings is 1. The van der Waals surface area contributed by atoms with Gasteiger partial charge in [-0.05, 0) is 29.8 Å². The smallest absolute Gasteiger partial charge is 0.162 e. The summed E-state index contributed by atoms with van der Waals surface area (Å²) in [5.74, 6) is 1.37. The molecule has 0 saturated heterocycles. The molecule has 15 heavy (non-hydrogen) atoms. The van der Waals surface area contributed by atoms with Crippen LogP contribution in [0.1, 0.15) is 5.56 Å². The Hall–Kier alpha value is -1.48. The van der Waals surface area contributed by atoms with Crippen LogP contribution in [0.4, 0.5) is 0 Å². The van der Waals surface area contributed by atoms with Crippen molar-refractivity contribution >= 4 is 22.9 Å². The second kappa shape index (κ2) is 4.36. The Morgan fingerprint density at radius 3 is 2.73 bits per heavy atom. The highest BCUT2D eigenvalue weighted by atomic mass is 35.5. The first-order chi connectivity index (χ1) is 7.31. The van der Waals surface area contributed by atoms with Gasteiger partial charge in [-0.25, -0.2) is 0 Å². The molecule has 0 unspecified atom stereocenters. The van der Waals surface area contributed by atoms with Gasteiger partial charge in [-0.3, -0.25) is 4.79 Å². The second-order valence-corrected chi connectivity index (χ2v) is 3.42. The Morgan fingerprint density at radius 2 is 2.00 bits per heavy atom. The van der Waals surface area contributed by atoms with Gasteiger partial charge in [-0.15, -0.1) is 0 Å². The van der Waals surface area contributed by atoms with Crippen molar-refractivity contribution in [3.05, 3.63) is 29.8 Å². The number of carbonyl (C=O) groups excluding carboxylic acids is 1. The summed E-state index contributed by atoms with van der Waals surface area (Å²) in [6, 6.07) is 5.33. The van der Waals surface area contributed by atoms with Crippen molar-refractivity contribution in [2.24, 2.45) is 0 Å². The Labute approximate surface area is 92.3 Å². The third-order valence-electron chi connectivity index (χ3n) is 2.03. The van der Waals surface area contributed by atoms with E-state index >= 15 is 0 Å². The number of halogens is 1. The lowest BCUT2D eigenvalue weighted by Gasteiger charge is -2.18. The van der Waals surface area contributed by atoms with Crippen LogP contribution in [0, 0.1) is 0 Å². The molecule has 4 heteroatoms. The van der Waals surface area contributed by atoms with Crippen LogP contribution in [0.15, 0.2) is 24.3 Å². The molecule has 0 N–H and O–H groups in total. The van der Waals surface area contributed by atoms with Crippen LogP contribution in [0.5, 0.6) is 11.5 Å². The van der Waals surface area contributed by atoms with E-state index in [0.717, 1.165) is 5.56 Å². The van der Waals surface area contributed by atoms with E-state index in [9.17, 15) is 4.79 Å². The monoisotopic (exact) mass is 224 g/mol. The van der Waals surface area contributed by atoms with Crippen molar-refractivity contribution in [3.8, 4) is 11.5 Å². The average molecular weight is 225 g/mol. The van der Waals surface area contributed by atoms with Crippen molar-refractivity contribution in [1.82, 2.24) is 0 Å². The largest absolute Gasteiger partial charge is 0.486 e. The van der Waals surface area contributed by atoms with Gasteiger partial charge in [0.1, 0.15) is 19.5 Å². The molecular weight excluding hydrogens is 216 g/mol. The number of allylic oxidation sites excluding steroid dienone is 1. The first-order valence-corrected chi connectivity index (χ1v) is 4.90. The van der Waals surface area contributed by atoms with E-state index in [-0.39, 0.29) is 0 Å². The first kappa shape index (κ1) is 10.1. The normalized spacial score (nSPS) is 14.9. The number of hydrogen-bond acceptors (Lipinski definition) is 3. The SMILES string of the molecule is O=C/C=C(/Cl)c1ccc2c(c1)OCCO2. The lowest BCUT2D eigenvalue weighted by atomic mass is 10.2. The standard InChI is InChI=1S/C11H9ClO3/c12-9(3-4-13)8-1-2-10-11(7-8)15-6-5-14-10/h1-4,7H,5-6H2/b9-3+. The number of ether oxygens (including phenoxy) is 2. The summed E-state index contributed by atoms with van der Waals surface area (Å²) in [7, 11) is 0. The maximum Gasteiger partial charge on any atom is 0.162 e. The Morgan fingerprint density at radius 1 is 1.27 bits per heavy atom. The summed E-state index contributed by atoms with van der Waals surface area (Å²) >= 11 is 5.88. The number of aldehydes is 1. The molecule has 0 saturated carbocycles. The maximum atomic E-state index is 10.3. The van der Waals surface area contributed by atoms with Gasteiger partial charge in [0.15, 0.2) is 11.5 Å². The van der Waals surface area contributed by atoms with Crippen LogP contribution in [0.25, 0.3) is 5.03 Å². The van der Waals surface area contributed by atoms with E-state index < -0.39 is 0 Å². The summed E-state index contributed by atoms with van der Waals surface area (Å²) in [5, 5.41) is 0.391. The predicted octanol–water partition coefficient (Wildman–Crippen LogP) is 2.24. The van der Waals surface area contributed by atoms with Crippen LogP contribution in [-0.4, -0.2) is 19.5 Å². The molecule has 0 bridgehead atoms. The molecule has 0 aromatic heterocycles. The lowest BCUT2D eigenvalue weighted by Crippen LogP contribution is -2.15. The van der Waals surface area contributed by atoms with Crippen LogP contribution < -0.4 is 9.47 Å². The third kappa shape index (κ3) is 2.13. The van der Waals surface area contributed by atoms with Crippen LogP contribution in [0.2, 0.25) is 0 Å². The zero-order chi connectivity index (χ0) is 10.7. The highest BCUT2D eigenvalue weighted by molar-refractivity contribution is 6.49. The van der Waals surface area contributed by atoms with Crippen LogP contribution in [0.3, 0.4) is 0 Å². The van der Waals surface area contributed by atoms with Crippen molar-refractivity contribution < 1.29 is 14.3 Å². The minimum Gasteiger partial charge on any atom is -0.486 e. The van der Waals surface area contributed by atoms with E-state index in [1.165, 1.54) is 6.08 Å². The molecule has 0 aliphatic carbocycles. The molecule has 0 amide bonds. The number of hydrogen-bond donors (Lipinski definition) is 0. The minimum atomic E-state index is 0.391. The van der Waals surface area contributed by atoms with Gasteiger partial charge >= 0.3 is 0 Å². The molecule has 0 atom stereocenters. The van der Waals surface area contributed by atoms with Gasteiger partial charge in [0, 0.05) is 0 Å². The van der Waals surface area contributed by atoms with Crippen LogP contribution in [-0.2, 0) is 4.79 Å². The zero-order valence-corrected chi connectivity index (χ0v) is 8.66. The Balaban J connectivity index is 2.35. The van der Waals surface area contributed by atoms with Gasteiger partial charge in [-0.2, -0.15) is 0 Å². The van der Waals surface area contributed by atoms with Gasteiger partial charge in [0.05, 0.1) is 5.03 Å². The fraction of sp³-hybridized carbons (Fsp3) is 0.182. The molecule has 0 radical (unpaired) electrons. The second-order valence-electron chi connectivity index (χ2n) is 3.01. The molecule has 3 nitrogen and oxygen atoms in total. The van der Waals surface area contributed by atoms with Crippen molar-refractivity contribution in [2.75, 3.05) is 13.2 Å². The van der Waals surface area contributed by atoms with Gasteiger partial charge in [0.25, 0.3) is 0 Å². The molecule has 78 valence electrons. The van der Waals surface area contributed by atoms with Crippen molar-refractivity contribution in [2.45, 2.75) is 0 Å².